The Kier molecular flexibility index (Phi) is 4.28. The lowest BCUT2D eigenvalue weighted by Gasteiger charge is -2.20. The van der Waals surface area contributed by atoms with E-state index >= 15 is 0 Å². The standard InChI is InChI=1S/C11H14BNO4/c1-11(13,10(15)17-12)7-9(14)16-8-5-3-2-4-6-8/h2-6H,7,12-13H2,1H3/t11-/m0/s1. The molecule has 0 radical (unpaired) electrons. The second-order valence-corrected chi connectivity index (χ2v) is 3.87. The smallest absolute Gasteiger partial charge is 0.326 e. The third-order valence-electron chi connectivity index (χ3n) is 2.14. The summed E-state index contributed by atoms with van der Waals surface area (Å²) in [6.07, 6.45) is -0.242. The lowest BCUT2D eigenvalue weighted by Crippen LogP contribution is -2.48. The quantitative estimate of drug-likeness (QED) is 0.443. The van der Waals surface area contributed by atoms with Crippen LogP contribution in [0.25, 0.3) is 0 Å². The van der Waals surface area contributed by atoms with Gasteiger partial charge in [-0.25, -0.2) is 0 Å². The third-order valence-corrected chi connectivity index (χ3v) is 2.14. The second-order valence-electron chi connectivity index (χ2n) is 3.87. The molecule has 0 aliphatic carbocycles. The predicted octanol–water partition coefficient (Wildman–Crippen LogP) is -0.209. The molecule has 0 amide bonds. The molecule has 1 aromatic carbocycles. The van der Waals surface area contributed by atoms with E-state index in [2.05, 4.69) is 4.65 Å². The number of benzene rings is 1. The molecule has 1 aromatic rings. The molecule has 0 fully saturated rings. The van der Waals surface area contributed by atoms with Crippen LogP contribution in [0, 0.1) is 0 Å². The van der Waals surface area contributed by atoms with Crippen LogP contribution in [0.2, 0.25) is 0 Å². The molecule has 0 saturated heterocycles. The van der Waals surface area contributed by atoms with Crippen LogP contribution >= 0.6 is 0 Å². The molecular formula is C11H14BNO4. The SMILES string of the molecule is BOC(=O)[C@@](C)(N)CC(=O)Oc1ccccc1. The van der Waals surface area contributed by atoms with E-state index in [1.165, 1.54) is 15.0 Å². The second kappa shape index (κ2) is 5.49. The first-order valence-electron chi connectivity index (χ1n) is 5.09. The summed E-state index contributed by atoms with van der Waals surface area (Å²) in [4.78, 5) is 22.8. The monoisotopic (exact) mass is 235 g/mol. The maximum Gasteiger partial charge on any atom is 0.326 e. The Balaban J connectivity index is 2.59. The van der Waals surface area contributed by atoms with E-state index in [1.807, 2.05) is 0 Å². The van der Waals surface area contributed by atoms with Gasteiger partial charge in [0.25, 0.3) is 0 Å². The van der Waals surface area contributed by atoms with Gasteiger partial charge in [-0.05, 0) is 19.1 Å². The van der Waals surface area contributed by atoms with Crippen LogP contribution in [0.3, 0.4) is 0 Å². The van der Waals surface area contributed by atoms with Crippen molar-refractivity contribution in [3.63, 3.8) is 0 Å². The van der Waals surface area contributed by atoms with E-state index < -0.39 is 17.5 Å². The zero-order valence-electron chi connectivity index (χ0n) is 9.80. The average Bonchev–Trinajstić information content (AvgIpc) is 2.28. The summed E-state index contributed by atoms with van der Waals surface area (Å²) in [5, 5.41) is 0. The van der Waals surface area contributed by atoms with Gasteiger partial charge in [0.1, 0.15) is 11.3 Å². The summed E-state index contributed by atoms with van der Waals surface area (Å²) in [5.41, 5.74) is 4.28. The first-order valence-corrected chi connectivity index (χ1v) is 5.09. The minimum atomic E-state index is -1.37. The number of carbonyl (C=O) groups excluding carboxylic acids is 2. The van der Waals surface area contributed by atoms with Crippen molar-refractivity contribution in [3.05, 3.63) is 30.3 Å². The zero-order chi connectivity index (χ0) is 12.9. The Morgan fingerprint density at radius 2 is 1.94 bits per heavy atom. The maximum atomic E-state index is 11.5. The molecule has 1 atom stereocenters. The Morgan fingerprint density at radius 1 is 1.35 bits per heavy atom. The number of hydrogen-bond donors (Lipinski definition) is 1. The maximum absolute atomic E-state index is 11.5. The first-order chi connectivity index (χ1) is 7.95. The molecule has 0 unspecified atom stereocenters. The molecule has 1 rings (SSSR count). The van der Waals surface area contributed by atoms with Gasteiger partial charge in [-0.1, -0.05) is 18.2 Å². The molecular weight excluding hydrogens is 221 g/mol. The van der Waals surface area contributed by atoms with Gasteiger partial charge in [-0.2, -0.15) is 0 Å². The molecule has 17 heavy (non-hydrogen) atoms. The topological polar surface area (TPSA) is 78.6 Å². The lowest BCUT2D eigenvalue weighted by molar-refractivity contribution is -0.145. The van der Waals surface area contributed by atoms with Crippen LogP contribution in [0.15, 0.2) is 30.3 Å². The molecule has 0 aliphatic heterocycles. The van der Waals surface area contributed by atoms with Crippen molar-refractivity contribution in [2.24, 2.45) is 5.73 Å². The Bertz CT molecular complexity index is 405. The minimum absolute atomic E-state index is 0.242. The van der Waals surface area contributed by atoms with Gasteiger partial charge in [0.15, 0.2) is 0 Å². The average molecular weight is 235 g/mol. The largest absolute Gasteiger partial charge is 0.542 e. The van der Waals surface area contributed by atoms with Crippen molar-refractivity contribution < 1.29 is 19.0 Å². The van der Waals surface area contributed by atoms with Gasteiger partial charge >= 0.3 is 20.0 Å². The van der Waals surface area contributed by atoms with E-state index in [4.69, 9.17) is 10.5 Å². The Hall–Kier alpha value is -1.82. The van der Waals surface area contributed by atoms with Crippen LogP contribution in [-0.2, 0) is 14.2 Å². The van der Waals surface area contributed by atoms with Crippen LogP contribution in [0.4, 0.5) is 0 Å². The van der Waals surface area contributed by atoms with Gasteiger partial charge in [-0.3, -0.25) is 9.59 Å². The fourth-order valence-electron chi connectivity index (χ4n) is 1.26. The fourth-order valence-corrected chi connectivity index (χ4v) is 1.26. The van der Waals surface area contributed by atoms with Crippen molar-refractivity contribution in [2.45, 2.75) is 18.9 Å². The highest BCUT2D eigenvalue weighted by Gasteiger charge is 2.32. The number of para-hydroxylation sites is 1. The molecule has 0 aromatic heterocycles. The van der Waals surface area contributed by atoms with Crippen molar-refractivity contribution in [1.82, 2.24) is 0 Å². The molecule has 0 saturated carbocycles. The number of nitrogens with two attached hydrogens (primary N) is 1. The van der Waals surface area contributed by atoms with Gasteiger partial charge in [-0.15, -0.1) is 0 Å². The van der Waals surface area contributed by atoms with Crippen LogP contribution in [-0.4, -0.2) is 25.5 Å². The number of ether oxygens (including phenoxy) is 1. The fraction of sp³-hybridized carbons (Fsp3) is 0.273. The first kappa shape index (κ1) is 13.3. The molecule has 0 spiro atoms. The van der Waals surface area contributed by atoms with Crippen molar-refractivity contribution in [2.75, 3.05) is 0 Å². The summed E-state index contributed by atoms with van der Waals surface area (Å²) < 4.78 is 9.51. The summed E-state index contributed by atoms with van der Waals surface area (Å²) in [7, 11) is 1.22. The molecule has 2 N–H and O–H groups in total. The van der Waals surface area contributed by atoms with Crippen molar-refractivity contribution in [1.29, 1.82) is 0 Å². The summed E-state index contributed by atoms with van der Waals surface area (Å²) in [5.74, 6) is -0.813. The minimum Gasteiger partial charge on any atom is -0.542 e. The van der Waals surface area contributed by atoms with Crippen molar-refractivity contribution >= 4 is 20.0 Å². The number of esters is 1. The molecule has 0 bridgehead atoms. The normalized spacial score (nSPS) is 13.5. The third kappa shape index (κ3) is 3.92. The van der Waals surface area contributed by atoms with Gasteiger partial charge < -0.3 is 15.1 Å². The molecule has 5 nitrogen and oxygen atoms in total. The van der Waals surface area contributed by atoms with Crippen LogP contribution in [0.1, 0.15) is 13.3 Å². The molecule has 6 heteroatoms. The Morgan fingerprint density at radius 3 is 2.47 bits per heavy atom. The zero-order valence-corrected chi connectivity index (χ0v) is 9.80. The van der Waals surface area contributed by atoms with E-state index in [0.717, 1.165) is 0 Å². The molecule has 0 heterocycles. The highest BCUT2D eigenvalue weighted by molar-refractivity contribution is 6.07. The van der Waals surface area contributed by atoms with Crippen LogP contribution < -0.4 is 10.5 Å². The number of hydrogen-bond acceptors (Lipinski definition) is 5. The van der Waals surface area contributed by atoms with Gasteiger partial charge in [0.05, 0.1) is 6.42 Å². The van der Waals surface area contributed by atoms with E-state index in [1.54, 1.807) is 30.3 Å². The molecule has 90 valence electrons. The molecule has 0 aliphatic rings. The highest BCUT2D eigenvalue weighted by Crippen LogP contribution is 2.13. The number of carbonyl (C=O) groups is 2. The Labute approximate surface area is 100 Å². The summed E-state index contributed by atoms with van der Waals surface area (Å²) >= 11 is 0. The van der Waals surface area contributed by atoms with Crippen molar-refractivity contribution in [3.8, 4) is 5.75 Å². The summed E-state index contributed by atoms with van der Waals surface area (Å²) in [6, 6.07) is 8.57. The van der Waals surface area contributed by atoms with E-state index in [-0.39, 0.29) is 6.42 Å². The lowest BCUT2D eigenvalue weighted by atomic mass is 9.99. The summed E-state index contributed by atoms with van der Waals surface area (Å²) in [6.45, 7) is 1.42. The van der Waals surface area contributed by atoms with Crippen LogP contribution in [0.5, 0.6) is 5.75 Å². The predicted molar refractivity (Wildman–Crippen MR) is 63.9 cm³/mol. The van der Waals surface area contributed by atoms with Gasteiger partial charge in [0, 0.05) is 0 Å². The highest BCUT2D eigenvalue weighted by atomic mass is 16.5. The van der Waals surface area contributed by atoms with E-state index in [9.17, 15) is 9.59 Å². The van der Waals surface area contributed by atoms with Gasteiger partial charge in [0.2, 0.25) is 0 Å². The van der Waals surface area contributed by atoms with E-state index in [0.29, 0.717) is 5.75 Å². The number of rotatable bonds is 4.